The van der Waals surface area contributed by atoms with E-state index in [9.17, 15) is 19.7 Å². The average Bonchev–Trinajstić information content (AvgIpc) is 2.85. The van der Waals surface area contributed by atoms with Crippen LogP contribution in [0.1, 0.15) is 20.7 Å². The number of hydrogen-bond acceptors (Lipinski definition) is 6. The van der Waals surface area contributed by atoms with Crippen molar-refractivity contribution in [2.75, 3.05) is 10.6 Å². The number of carbonyl (C=O) groups excluding carboxylic acids is 2. The maximum absolute atomic E-state index is 13.1. The van der Waals surface area contributed by atoms with E-state index in [0.717, 1.165) is 6.07 Å². The van der Waals surface area contributed by atoms with Crippen LogP contribution in [0.5, 0.6) is 11.5 Å². The Morgan fingerprint density at radius 3 is 2.26 bits per heavy atom. The van der Waals surface area contributed by atoms with Crippen molar-refractivity contribution in [3.63, 3.8) is 0 Å². The van der Waals surface area contributed by atoms with E-state index in [2.05, 4.69) is 15.6 Å². The lowest BCUT2D eigenvalue weighted by molar-refractivity contribution is -0.384. The highest BCUT2D eigenvalue weighted by Gasteiger charge is 2.19. The van der Waals surface area contributed by atoms with Gasteiger partial charge in [0.15, 0.2) is 0 Å². The molecule has 0 fully saturated rings. The van der Waals surface area contributed by atoms with Crippen molar-refractivity contribution in [3.8, 4) is 11.5 Å². The monoisotopic (exact) mass is 454 g/mol. The molecule has 2 amide bonds. The number of benzene rings is 3. The molecule has 0 bridgehead atoms. The molecule has 0 aliphatic heterocycles. The molecule has 3 aromatic carbocycles. The molecule has 0 aliphatic carbocycles. The number of anilines is 2. The van der Waals surface area contributed by atoms with Crippen LogP contribution in [-0.4, -0.2) is 21.7 Å². The van der Waals surface area contributed by atoms with Crippen LogP contribution >= 0.6 is 0 Å². The largest absolute Gasteiger partial charge is 0.457 e. The highest BCUT2D eigenvalue weighted by atomic mass is 16.6. The van der Waals surface area contributed by atoms with E-state index in [4.69, 9.17) is 4.74 Å². The Morgan fingerprint density at radius 2 is 1.53 bits per heavy atom. The molecule has 0 saturated carbocycles. The summed E-state index contributed by atoms with van der Waals surface area (Å²) >= 11 is 0. The van der Waals surface area contributed by atoms with Gasteiger partial charge in [-0.2, -0.15) is 0 Å². The summed E-state index contributed by atoms with van der Waals surface area (Å²) in [6, 6.07) is 22.2. The summed E-state index contributed by atoms with van der Waals surface area (Å²) in [7, 11) is 0. The molecule has 4 aromatic rings. The Hall–Kier alpha value is -5.05. The second-order valence-electron chi connectivity index (χ2n) is 7.08. The van der Waals surface area contributed by atoms with Gasteiger partial charge in [0, 0.05) is 41.5 Å². The third-order valence-electron chi connectivity index (χ3n) is 4.71. The van der Waals surface area contributed by atoms with E-state index in [0.29, 0.717) is 22.7 Å². The molecule has 9 nitrogen and oxygen atoms in total. The summed E-state index contributed by atoms with van der Waals surface area (Å²) in [4.78, 5) is 40.2. The first kappa shape index (κ1) is 22.2. The topological polar surface area (TPSA) is 123 Å². The number of aromatic nitrogens is 1. The van der Waals surface area contributed by atoms with E-state index in [-0.39, 0.29) is 22.9 Å². The van der Waals surface area contributed by atoms with E-state index >= 15 is 0 Å². The second-order valence-corrected chi connectivity index (χ2v) is 7.08. The third kappa shape index (κ3) is 5.40. The molecule has 168 valence electrons. The molecule has 4 rings (SSSR count). The normalized spacial score (nSPS) is 10.2. The number of hydrogen-bond donors (Lipinski definition) is 2. The van der Waals surface area contributed by atoms with Gasteiger partial charge in [-0.1, -0.05) is 24.3 Å². The molecule has 9 heteroatoms. The molecule has 0 aliphatic rings. The first-order valence-electron chi connectivity index (χ1n) is 10.1. The van der Waals surface area contributed by atoms with Crippen molar-refractivity contribution < 1.29 is 19.2 Å². The number of ether oxygens (including phenoxy) is 1. The summed E-state index contributed by atoms with van der Waals surface area (Å²) < 4.78 is 5.78. The summed E-state index contributed by atoms with van der Waals surface area (Å²) in [5.74, 6) is -0.367. The van der Waals surface area contributed by atoms with E-state index < -0.39 is 10.8 Å². The van der Waals surface area contributed by atoms with Crippen molar-refractivity contribution in [2.45, 2.75) is 0 Å². The van der Waals surface area contributed by atoms with Crippen molar-refractivity contribution >= 4 is 28.9 Å². The number of rotatable bonds is 7. The van der Waals surface area contributed by atoms with Gasteiger partial charge in [-0.05, 0) is 48.5 Å². The minimum Gasteiger partial charge on any atom is -0.457 e. The number of pyridine rings is 1. The molecule has 0 unspecified atom stereocenters. The molecule has 1 aromatic heterocycles. The number of nitro groups is 1. The first-order valence-corrected chi connectivity index (χ1v) is 10.1. The van der Waals surface area contributed by atoms with Crippen molar-refractivity contribution in [3.05, 3.63) is 119 Å². The minimum atomic E-state index is -0.624. The Kier molecular flexibility index (Phi) is 6.55. The lowest BCUT2D eigenvalue weighted by atomic mass is 10.1. The van der Waals surface area contributed by atoms with Crippen LogP contribution in [-0.2, 0) is 0 Å². The molecule has 1 heterocycles. The Morgan fingerprint density at radius 1 is 0.794 bits per heavy atom. The highest BCUT2D eigenvalue weighted by molar-refractivity contribution is 6.08. The maximum Gasteiger partial charge on any atom is 0.270 e. The van der Waals surface area contributed by atoms with Crippen LogP contribution in [0.3, 0.4) is 0 Å². The zero-order valence-electron chi connectivity index (χ0n) is 17.7. The fourth-order valence-electron chi connectivity index (χ4n) is 3.09. The predicted molar refractivity (Wildman–Crippen MR) is 126 cm³/mol. The van der Waals surface area contributed by atoms with Crippen LogP contribution in [0.25, 0.3) is 0 Å². The summed E-state index contributed by atoms with van der Waals surface area (Å²) in [5.41, 5.74) is 0.952. The zero-order valence-corrected chi connectivity index (χ0v) is 17.7. The van der Waals surface area contributed by atoms with E-state index in [1.165, 1.54) is 18.2 Å². The second kappa shape index (κ2) is 10.0. The standard InChI is InChI=1S/C25H18N4O5/c30-24(27-18-11-13-26-14-12-18)17-5-4-6-19(15-17)28-25(31)22-16-20(29(32)33)9-10-23(22)34-21-7-2-1-3-8-21/h1-16H,(H,28,31)(H,26,27,30). The summed E-state index contributed by atoms with van der Waals surface area (Å²) in [6.07, 6.45) is 3.11. The molecule has 0 saturated heterocycles. The van der Waals surface area contributed by atoms with Crippen LogP contribution in [0.4, 0.5) is 17.1 Å². The van der Waals surface area contributed by atoms with E-state index in [1.807, 2.05) is 6.07 Å². The van der Waals surface area contributed by atoms with Crippen molar-refractivity contribution in [1.29, 1.82) is 0 Å². The number of non-ortho nitro benzene ring substituents is 1. The first-order chi connectivity index (χ1) is 16.5. The lowest BCUT2D eigenvalue weighted by Crippen LogP contribution is -2.15. The van der Waals surface area contributed by atoms with Crippen LogP contribution < -0.4 is 15.4 Å². The van der Waals surface area contributed by atoms with Gasteiger partial charge in [-0.25, -0.2) is 0 Å². The number of nitrogens with one attached hydrogen (secondary N) is 2. The van der Waals surface area contributed by atoms with Gasteiger partial charge in [0.25, 0.3) is 17.5 Å². The van der Waals surface area contributed by atoms with Crippen molar-refractivity contribution in [2.24, 2.45) is 0 Å². The fraction of sp³-hybridized carbons (Fsp3) is 0. The Bertz CT molecular complexity index is 1340. The maximum atomic E-state index is 13.1. The predicted octanol–water partition coefficient (Wildman–Crippen LogP) is 5.29. The average molecular weight is 454 g/mol. The van der Waals surface area contributed by atoms with Gasteiger partial charge < -0.3 is 15.4 Å². The van der Waals surface area contributed by atoms with Gasteiger partial charge in [-0.3, -0.25) is 24.7 Å². The number of carbonyl (C=O) groups is 2. The highest BCUT2D eigenvalue weighted by Crippen LogP contribution is 2.29. The molecular formula is C25H18N4O5. The van der Waals surface area contributed by atoms with Gasteiger partial charge in [0.2, 0.25) is 0 Å². The third-order valence-corrected chi connectivity index (χ3v) is 4.71. The van der Waals surface area contributed by atoms with Crippen LogP contribution in [0.15, 0.2) is 97.3 Å². The van der Waals surface area contributed by atoms with E-state index in [1.54, 1.807) is 67.0 Å². The van der Waals surface area contributed by atoms with Crippen LogP contribution in [0.2, 0.25) is 0 Å². The fourth-order valence-corrected chi connectivity index (χ4v) is 3.09. The van der Waals surface area contributed by atoms with Crippen LogP contribution in [0, 0.1) is 10.1 Å². The van der Waals surface area contributed by atoms with Gasteiger partial charge in [0.1, 0.15) is 11.5 Å². The van der Waals surface area contributed by atoms with Gasteiger partial charge in [0.05, 0.1) is 10.5 Å². The number of nitrogens with zero attached hydrogens (tertiary/aromatic N) is 2. The minimum absolute atomic E-state index is 0.0234. The summed E-state index contributed by atoms with van der Waals surface area (Å²) in [5, 5.41) is 16.7. The zero-order chi connectivity index (χ0) is 23.9. The lowest BCUT2D eigenvalue weighted by Gasteiger charge is -2.12. The Balaban J connectivity index is 1.57. The number of amides is 2. The summed E-state index contributed by atoms with van der Waals surface area (Å²) in [6.45, 7) is 0. The molecule has 0 radical (unpaired) electrons. The molecule has 2 N–H and O–H groups in total. The van der Waals surface area contributed by atoms with Gasteiger partial charge >= 0.3 is 0 Å². The smallest absolute Gasteiger partial charge is 0.270 e. The number of nitro benzene ring substituents is 1. The molecule has 0 atom stereocenters. The Labute approximate surface area is 194 Å². The van der Waals surface area contributed by atoms with Gasteiger partial charge in [-0.15, -0.1) is 0 Å². The molecule has 0 spiro atoms. The molecular weight excluding hydrogens is 436 g/mol. The molecule has 34 heavy (non-hydrogen) atoms. The number of para-hydroxylation sites is 1. The SMILES string of the molecule is O=C(Nc1ccncc1)c1cccc(NC(=O)c2cc([N+](=O)[O-])ccc2Oc2ccccc2)c1. The van der Waals surface area contributed by atoms with Crippen molar-refractivity contribution in [1.82, 2.24) is 4.98 Å². The quantitative estimate of drug-likeness (QED) is 0.289.